The molecule has 8 nitrogen and oxygen atoms in total. The molecule has 2 aliphatic rings. The number of hydrogen-bond donors (Lipinski definition) is 3. The van der Waals surface area contributed by atoms with Crippen LogP contribution in [0.4, 0.5) is 21.9 Å². The Hall–Kier alpha value is -3.17. The lowest BCUT2D eigenvalue weighted by atomic mass is 10.1. The van der Waals surface area contributed by atoms with Crippen molar-refractivity contribution in [2.45, 2.75) is 45.8 Å². The first-order chi connectivity index (χ1) is 15.9. The highest BCUT2D eigenvalue weighted by atomic mass is 32.1. The van der Waals surface area contributed by atoms with Crippen molar-refractivity contribution >= 4 is 50.6 Å². The van der Waals surface area contributed by atoms with Crippen molar-refractivity contribution in [2.75, 3.05) is 23.3 Å². The van der Waals surface area contributed by atoms with Crippen LogP contribution in [0, 0.1) is 6.92 Å². The Bertz CT molecular complexity index is 1230. The lowest BCUT2D eigenvalue weighted by molar-refractivity contribution is 0.0935. The molecule has 2 aliphatic heterocycles. The number of urea groups is 1. The number of aromatic nitrogens is 1. The van der Waals surface area contributed by atoms with E-state index in [1.807, 2.05) is 45.0 Å². The van der Waals surface area contributed by atoms with Gasteiger partial charge in [-0.25, -0.2) is 9.78 Å². The predicted molar refractivity (Wildman–Crippen MR) is 131 cm³/mol. The number of carbonyl (C=O) groups excluding carboxylic acids is 2. The maximum atomic E-state index is 13.3. The van der Waals surface area contributed by atoms with Gasteiger partial charge in [0.25, 0.3) is 5.91 Å². The summed E-state index contributed by atoms with van der Waals surface area (Å²) in [7, 11) is 0. The van der Waals surface area contributed by atoms with Crippen molar-refractivity contribution in [1.29, 1.82) is 0 Å². The van der Waals surface area contributed by atoms with Crippen molar-refractivity contribution in [3.8, 4) is 5.75 Å². The van der Waals surface area contributed by atoms with Crippen LogP contribution in [-0.2, 0) is 0 Å². The van der Waals surface area contributed by atoms with E-state index < -0.39 is 0 Å². The number of aryl methyl sites for hydroxylation is 1. The van der Waals surface area contributed by atoms with Crippen LogP contribution < -0.4 is 25.6 Å². The fraction of sp³-hybridized carbons (Fsp3) is 0.375. The molecule has 0 aliphatic carbocycles. The van der Waals surface area contributed by atoms with E-state index >= 15 is 0 Å². The number of thiophene rings is 1. The van der Waals surface area contributed by atoms with Gasteiger partial charge in [-0.3, -0.25) is 9.69 Å². The molecular weight excluding hydrogens is 438 g/mol. The highest BCUT2D eigenvalue weighted by Gasteiger charge is 2.33. The molecule has 4 heterocycles. The molecule has 1 fully saturated rings. The van der Waals surface area contributed by atoms with Crippen molar-refractivity contribution < 1.29 is 14.3 Å². The number of nitrogens with one attached hydrogen (secondary N) is 3. The first-order valence-electron chi connectivity index (χ1n) is 11.2. The first kappa shape index (κ1) is 21.7. The SMILES string of the molecule is Cc1cc(N2C(=O)Nc3c(C(=O)NC4CCCNC4)sc4nccc2c34)ccc1OC(C)C. The summed E-state index contributed by atoms with van der Waals surface area (Å²) in [4.78, 5) is 33.7. The summed E-state index contributed by atoms with van der Waals surface area (Å²) < 4.78 is 5.84. The Labute approximate surface area is 196 Å². The molecule has 0 saturated carbocycles. The van der Waals surface area contributed by atoms with Crippen LogP contribution >= 0.6 is 11.3 Å². The van der Waals surface area contributed by atoms with E-state index in [9.17, 15) is 9.59 Å². The Kier molecular flexibility index (Phi) is 5.67. The monoisotopic (exact) mass is 465 g/mol. The number of amides is 3. The van der Waals surface area contributed by atoms with Gasteiger partial charge in [-0.1, -0.05) is 0 Å². The first-order valence-corrected chi connectivity index (χ1v) is 12.1. The fourth-order valence-corrected chi connectivity index (χ4v) is 5.41. The summed E-state index contributed by atoms with van der Waals surface area (Å²) in [6.07, 6.45) is 3.72. The minimum Gasteiger partial charge on any atom is -0.491 e. The van der Waals surface area contributed by atoms with Gasteiger partial charge in [0, 0.05) is 18.8 Å². The number of pyridine rings is 1. The summed E-state index contributed by atoms with van der Waals surface area (Å²) >= 11 is 1.31. The molecule has 2 aromatic heterocycles. The largest absolute Gasteiger partial charge is 0.491 e. The van der Waals surface area contributed by atoms with E-state index in [4.69, 9.17) is 4.74 Å². The van der Waals surface area contributed by atoms with Crippen molar-refractivity contribution in [2.24, 2.45) is 0 Å². The zero-order valence-electron chi connectivity index (χ0n) is 18.9. The van der Waals surface area contributed by atoms with Gasteiger partial charge in [-0.2, -0.15) is 0 Å². The number of nitrogens with zero attached hydrogens (tertiary/aromatic N) is 2. The smallest absolute Gasteiger partial charge is 0.331 e. The fourth-order valence-electron chi connectivity index (χ4n) is 4.39. The van der Waals surface area contributed by atoms with E-state index in [1.165, 1.54) is 11.3 Å². The summed E-state index contributed by atoms with van der Waals surface area (Å²) in [5, 5.41) is 10.2. The Morgan fingerprint density at radius 2 is 2.18 bits per heavy atom. The Morgan fingerprint density at radius 1 is 1.33 bits per heavy atom. The third kappa shape index (κ3) is 4.02. The Morgan fingerprint density at radius 3 is 2.91 bits per heavy atom. The third-order valence-corrected chi connectivity index (χ3v) is 6.96. The molecule has 9 heteroatoms. The van der Waals surface area contributed by atoms with E-state index in [2.05, 4.69) is 20.9 Å². The van der Waals surface area contributed by atoms with Crippen LogP contribution in [0.2, 0.25) is 0 Å². The zero-order valence-corrected chi connectivity index (χ0v) is 19.7. The number of hydrogen-bond acceptors (Lipinski definition) is 6. The second-order valence-corrected chi connectivity index (χ2v) is 9.71. The average molecular weight is 466 g/mol. The molecule has 33 heavy (non-hydrogen) atoms. The van der Waals surface area contributed by atoms with E-state index in [0.717, 1.165) is 53.1 Å². The topological polar surface area (TPSA) is 95.6 Å². The van der Waals surface area contributed by atoms with Gasteiger partial charge < -0.3 is 20.7 Å². The molecule has 1 atom stereocenters. The molecule has 3 aromatic rings. The van der Waals surface area contributed by atoms with Gasteiger partial charge in [-0.05, 0) is 70.0 Å². The van der Waals surface area contributed by atoms with Gasteiger partial charge in [0.05, 0.1) is 28.6 Å². The minimum absolute atomic E-state index is 0.0648. The van der Waals surface area contributed by atoms with Gasteiger partial charge in [0.15, 0.2) is 0 Å². The zero-order chi connectivity index (χ0) is 23.1. The molecule has 5 rings (SSSR count). The highest BCUT2D eigenvalue weighted by Crippen LogP contribution is 2.46. The van der Waals surface area contributed by atoms with Crippen LogP contribution in [0.15, 0.2) is 30.5 Å². The normalized spacial score (nSPS) is 17.9. The standard InChI is InChI=1S/C24H27N5O3S/c1-13(2)32-18-7-6-16(11-14(18)3)29-17-8-10-26-23-19(17)20(28-24(29)31)21(33-23)22(30)27-15-5-4-9-25-12-15/h6-8,10-11,13,15,25H,4-5,9,12H2,1-3H3,(H,27,30)(H,28,31). The van der Waals surface area contributed by atoms with Crippen LogP contribution in [0.3, 0.4) is 0 Å². The number of carbonyl (C=O) groups is 2. The number of anilines is 3. The molecule has 0 bridgehead atoms. The molecule has 1 saturated heterocycles. The van der Waals surface area contributed by atoms with Gasteiger partial charge in [0.1, 0.15) is 15.5 Å². The van der Waals surface area contributed by atoms with Crippen LogP contribution in [0.1, 0.15) is 41.9 Å². The Balaban J connectivity index is 1.52. The van der Waals surface area contributed by atoms with Crippen LogP contribution in [0.5, 0.6) is 5.75 Å². The molecule has 0 spiro atoms. The highest BCUT2D eigenvalue weighted by molar-refractivity contribution is 7.21. The van der Waals surface area contributed by atoms with Gasteiger partial charge in [0.2, 0.25) is 0 Å². The molecule has 3 amide bonds. The quantitative estimate of drug-likeness (QED) is 0.514. The van der Waals surface area contributed by atoms with Crippen molar-refractivity contribution in [3.63, 3.8) is 0 Å². The summed E-state index contributed by atoms with van der Waals surface area (Å²) in [5.41, 5.74) is 2.92. The maximum absolute atomic E-state index is 13.3. The molecule has 1 aromatic carbocycles. The summed E-state index contributed by atoms with van der Waals surface area (Å²) in [6.45, 7) is 7.66. The average Bonchev–Trinajstić information content (AvgIpc) is 3.16. The second-order valence-electron chi connectivity index (χ2n) is 8.72. The lowest BCUT2D eigenvalue weighted by Gasteiger charge is -2.29. The predicted octanol–water partition coefficient (Wildman–Crippen LogP) is 4.56. The molecule has 3 N–H and O–H groups in total. The van der Waals surface area contributed by atoms with Gasteiger partial charge in [-0.15, -0.1) is 11.3 Å². The maximum Gasteiger partial charge on any atom is 0.331 e. The van der Waals surface area contributed by atoms with E-state index in [1.54, 1.807) is 11.1 Å². The molecule has 0 radical (unpaired) electrons. The van der Waals surface area contributed by atoms with Crippen molar-refractivity contribution in [1.82, 2.24) is 15.6 Å². The summed E-state index contributed by atoms with van der Waals surface area (Å²) in [6, 6.07) is 7.29. The number of piperidine rings is 1. The molecule has 172 valence electrons. The number of benzene rings is 1. The minimum atomic E-state index is -0.307. The van der Waals surface area contributed by atoms with Crippen LogP contribution in [0.25, 0.3) is 10.2 Å². The number of ether oxygens (including phenoxy) is 1. The van der Waals surface area contributed by atoms with Gasteiger partial charge >= 0.3 is 6.03 Å². The van der Waals surface area contributed by atoms with Crippen molar-refractivity contribution in [3.05, 3.63) is 40.9 Å². The van der Waals surface area contributed by atoms with Crippen LogP contribution in [-0.4, -0.2) is 42.2 Å². The third-order valence-electron chi connectivity index (χ3n) is 5.86. The second kappa shape index (κ2) is 8.64. The summed E-state index contributed by atoms with van der Waals surface area (Å²) in [5.74, 6) is 0.617. The molecular formula is C24H27N5O3S. The van der Waals surface area contributed by atoms with E-state index in [-0.39, 0.29) is 24.1 Å². The lowest BCUT2D eigenvalue weighted by Crippen LogP contribution is -2.45. The van der Waals surface area contributed by atoms with E-state index in [0.29, 0.717) is 16.3 Å². The molecule has 1 unspecified atom stereocenters. The number of rotatable bonds is 5.